The summed E-state index contributed by atoms with van der Waals surface area (Å²) in [6.07, 6.45) is 3.21. The van der Waals surface area contributed by atoms with Gasteiger partial charge in [-0.25, -0.2) is 0 Å². The van der Waals surface area contributed by atoms with Gasteiger partial charge in [-0.15, -0.1) is 24.0 Å². The molecular formula is C17H27IN4O. The van der Waals surface area contributed by atoms with E-state index in [1.807, 2.05) is 24.3 Å². The van der Waals surface area contributed by atoms with Crippen molar-refractivity contribution in [3.05, 3.63) is 29.8 Å². The van der Waals surface area contributed by atoms with E-state index in [0.717, 1.165) is 30.1 Å². The molecule has 1 saturated carbocycles. The quantitative estimate of drug-likeness (QED) is 0.382. The molecule has 0 saturated heterocycles. The van der Waals surface area contributed by atoms with Gasteiger partial charge < -0.3 is 16.0 Å². The first-order valence-corrected chi connectivity index (χ1v) is 7.95. The normalized spacial score (nSPS) is 14.7. The third kappa shape index (κ3) is 6.37. The lowest BCUT2D eigenvalue weighted by atomic mass is 9.85. The van der Waals surface area contributed by atoms with Gasteiger partial charge in [-0.1, -0.05) is 18.6 Å². The summed E-state index contributed by atoms with van der Waals surface area (Å²) < 4.78 is 0. The van der Waals surface area contributed by atoms with Gasteiger partial charge in [0.15, 0.2) is 5.96 Å². The van der Waals surface area contributed by atoms with Crippen LogP contribution in [0, 0.1) is 5.92 Å². The molecule has 1 fully saturated rings. The molecule has 0 aromatic heterocycles. The fraction of sp³-hybridized carbons (Fsp3) is 0.529. The van der Waals surface area contributed by atoms with Gasteiger partial charge in [-0.3, -0.25) is 9.79 Å². The molecule has 0 atom stereocenters. The van der Waals surface area contributed by atoms with Crippen molar-refractivity contribution in [3.8, 4) is 0 Å². The zero-order chi connectivity index (χ0) is 15.9. The Labute approximate surface area is 155 Å². The Morgan fingerprint density at radius 2 is 2.09 bits per heavy atom. The van der Waals surface area contributed by atoms with Crippen molar-refractivity contribution in [1.29, 1.82) is 0 Å². The van der Waals surface area contributed by atoms with Crippen molar-refractivity contribution in [2.75, 3.05) is 12.4 Å². The molecule has 1 aromatic rings. The summed E-state index contributed by atoms with van der Waals surface area (Å²) >= 11 is 0. The van der Waals surface area contributed by atoms with Crippen LogP contribution in [0.2, 0.25) is 0 Å². The highest BCUT2D eigenvalue weighted by molar-refractivity contribution is 14.0. The third-order valence-corrected chi connectivity index (χ3v) is 3.78. The highest BCUT2D eigenvalue weighted by atomic mass is 127. The largest absolute Gasteiger partial charge is 0.354 e. The minimum absolute atomic E-state index is 0. The fourth-order valence-electron chi connectivity index (χ4n) is 2.33. The minimum Gasteiger partial charge on any atom is -0.354 e. The second-order valence-electron chi connectivity index (χ2n) is 6.04. The number of guanidine groups is 1. The molecule has 1 amide bonds. The summed E-state index contributed by atoms with van der Waals surface area (Å²) in [6, 6.07) is 8.27. The van der Waals surface area contributed by atoms with E-state index in [1.165, 1.54) is 6.42 Å². The predicted molar refractivity (Wildman–Crippen MR) is 106 cm³/mol. The number of hydrogen-bond donors (Lipinski definition) is 3. The first-order valence-electron chi connectivity index (χ1n) is 7.95. The van der Waals surface area contributed by atoms with Crippen LogP contribution >= 0.6 is 24.0 Å². The number of halogens is 1. The van der Waals surface area contributed by atoms with Crippen molar-refractivity contribution in [3.63, 3.8) is 0 Å². The molecule has 0 unspecified atom stereocenters. The van der Waals surface area contributed by atoms with Gasteiger partial charge in [-0.05, 0) is 44.4 Å². The van der Waals surface area contributed by atoms with E-state index < -0.39 is 0 Å². The van der Waals surface area contributed by atoms with Crippen LogP contribution < -0.4 is 16.0 Å². The molecule has 0 spiro atoms. The summed E-state index contributed by atoms with van der Waals surface area (Å²) in [5.74, 6) is 1.13. The summed E-state index contributed by atoms with van der Waals surface area (Å²) in [4.78, 5) is 16.2. The summed E-state index contributed by atoms with van der Waals surface area (Å²) in [5.41, 5.74) is 1.97. The van der Waals surface area contributed by atoms with Crippen molar-refractivity contribution in [2.24, 2.45) is 10.9 Å². The van der Waals surface area contributed by atoms with E-state index in [9.17, 15) is 4.79 Å². The standard InChI is InChI=1S/C17H26N4O.HI/c1-12(2)20-17(18-3)19-11-13-6-4-9-15(10-13)21-16(22)14-7-5-8-14;/h4,6,9-10,12,14H,5,7-8,11H2,1-3H3,(H,21,22)(H2,18,19,20);1H. The first kappa shape index (κ1) is 19.7. The molecule has 23 heavy (non-hydrogen) atoms. The van der Waals surface area contributed by atoms with E-state index in [2.05, 4.69) is 34.8 Å². The Kier molecular flexibility index (Phi) is 8.36. The molecule has 1 aliphatic carbocycles. The Balaban J connectivity index is 0.00000264. The lowest BCUT2D eigenvalue weighted by Gasteiger charge is -2.24. The van der Waals surface area contributed by atoms with Gasteiger partial charge in [0.2, 0.25) is 5.91 Å². The van der Waals surface area contributed by atoms with Crippen molar-refractivity contribution in [2.45, 2.75) is 45.7 Å². The minimum atomic E-state index is 0. The van der Waals surface area contributed by atoms with Crippen LogP contribution in [-0.2, 0) is 11.3 Å². The van der Waals surface area contributed by atoms with E-state index in [4.69, 9.17) is 0 Å². The number of nitrogens with zero attached hydrogens (tertiary/aromatic N) is 1. The molecule has 128 valence electrons. The summed E-state index contributed by atoms with van der Waals surface area (Å²) in [5, 5.41) is 9.52. The van der Waals surface area contributed by atoms with Crippen molar-refractivity contribution in [1.82, 2.24) is 10.6 Å². The topological polar surface area (TPSA) is 65.5 Å². The van der Waals surface area contributed by atoms with Crippen molar-refractivity contribution < 1.29 is 4.79 Å². The van der Waals surface area contributed by atoms with Crippen LogP contribution in [0.15, 0.2) is 29.3 Å². The van der Waals surface area contributed by atoms with Gasteiger partial charge >= 0.3 is 0 Å². The number of anilines is 1. The van der Waals surface area contributed by atoms with Gasteiger partial charge in [0.05, 0.1) is 0 Å². The van der Waals surface area contributed by atoms with Crippen LogP contribution in [0.3, 0.4) is 0 Å². The maximum Gasteiger partial charge on any atom is 0.227 e. The number of nitrogens with one attached hydrogen (secondary N) is 3. The maximum absolute atomic E-state index is 12.0. The molecular weight excluding hydrogens is 403 g/mol. The number of carbonyl (C=O) groups is 1. The van der Waals surface area contributed by atoms with E-state index in [1.54, 1.807) is 7.05 Å². The van der Waals surface area contributed by atoms with E-state index >= 15 is 0 Å². The number of rotatable bonds is 5. The molecule has 0 bridgehead atoms. The molecule has 3 N–H and O–H groups in total. The molecule has 0 heterocycles. The number of carbonyl (C=O) groups excluding carboxylic acids is 1. The smallest absolute Gasteiger partial charge is 0.227 e. The van der Waals surface area contributed by atoms with Gasteiger partial charge in [0.1, 0.15) is 0 Å². The monoisotopic (exact) mass is 430 g/mol. The average Bonchev–Trinajstić information content (AvgIpc) is 2.41. The molecule has 0 aliphatic heterocycles. The number of aliphatic imine (C=N–C) groups is 1. The van der Waals surface area contributed by atoms with E-state index in [-0.39, 0.29) is 35.8 Å². The van der Waals surface area contributed by atoms with Crippen molar-refractivity contribution >= 4 is 41.5 Å². The third-order valence-electron chi connectivity index (χ3n) is 3.78. The molecule has 1 aliphatic rings. The van der Waals surface area contributed by atoms with Gasteiger partial charge in [-0.2, -0.15) is 0 Å². The number of amides is 1. The molecule has 0 radical (unpaired) electrons. The van der Waals surface area contributed by atoms with Crippen LogP contribution in [0.5, 0.6) is 0 Å². The number of hydrogen-bond acceptors (Lipinski definition) is 2. The fourth-order valence-corrected chi connectivity index (χ4v) is 2.33. The SMILES string of the molecule is CN=C(NCc1cccc(NC(=O)C2CCC2)c1)NC(C)C.I. The zero-order valence-corrected chi connectivity index (χ0v) is 16.4. The molecule has 6 heteroatoms. The zero-order valence-electron chi connectivity index (χ0n) is 14.1. The molecule has 5 nitrogen and oxygen atoms in total. The highest BCUT2D eigenvalue weighted by Crippen LogP contribution is 2.27. The van der Waals surface area contributed by atoms with Crippen LogP contribution in [0.4, 0.5) is 5.69 Å². The lowest BCUT2D eigenvalue weighted by molar-refractivity contribution is -0.122. The van der Waals surface area contributed by atoms with Crippen LogP contribution in [0.25, 0.3) is 0 Å². The van der Waals surface area contributed by atoms with E-state index in [0.29, 0.717) is 12.6 Å². The molecule has 1 aromatic carbocycles. The Morgan fingerprint density at radius 1 is 1.35 bits per heavy atom. The average molecular weight is 430 g/mol. The van der Waals surface area contributed by atoms with Gasteiger partial charge in [0.25, 0.3) is 0 Å². The number of benzene rings is 1. The second-order valence-corrected chi connectivity index (χ2v) is 6.04. The summed E-state index contributed by atoms with van der Waals surface area (Å²) in [6.45, 7) is 4.81. The van der Waals surface area contributed by atoms with Crippen LogP contribution in [-0.4, -0.2) is 25.0 Å². The maximum atomic E-state index is 12.0. The highest BCUT2D eigenvalue weighted by Gasteiger charge is 2.25. The van der Waals surface area contributed by atoms with Crippen LogP contribution in [0.1, 0.15) is 38.7 Å². The first-order chi connectivity index (χ1) is 10.6. The Morgan fingerprint density at radius 3 is 2.65 bits per heavy atom. The lowest BCUT2D eigenvalue weighted by Crippen LogP contribution is -2.40. The Hall–Kier alpha value is -1.31. The Bertz CT molecular complexity index is 541. The predicted octanol–water partition coefficient (Wildman–Crippen LogP) is 3.12. The molecule has 2 rings (SSSR count). The summed E-state index contributed by atoms with van der Waals surface area (Å²) in [7, 11) is 1.76. The second kappa shape index (κ2) is 9.75. The van der Waals surface area contributed by atoms with Gasteiger partial charge in [0, 0.05) is 31.2 Å².